The van der Waals surface area contributed by atoms with Crippen LogP contribution in [-0.2, 0) is 20.8 Å². The van der Waals surface area contributed by atoms with Gasteiger partial charge < -0.3 is 19.9 Å². The molecule has 1 atom stereocenters. The zero-order valence-electron chi connectivity index (χ0n) is 14.9. The molecular formula is C18H25N3O4. The van der Waals surface area contributed by atoms with Gasteiger partial charge in [-0.3, -0.25) is 14.4 Å². The van der Waals surface area contributed by atoms with Gasteiger partial charge in [-0.25, -0.2) is 0 Å². The minimum Gasteiger partial charge on any atom is -0.497 e. The average molecular weight is 347 g/mol. The van der Waals surface area contributed by atoms with Crippen molar-refractivity contribution in [3.8, 4) is 5.75 Å². The fraction of sp³-hybridized carbons (Fsp3) is 0.500. The first-order chi connectivity index (χ1) is 11.9. The van der Waals surface area contributed by atoms with Crippen molar-refractivity contribution in [1.29, 1.82) is 0 Å². The highest BCUT2D eigenvalue weighted by atomic mass is 16.5. The Labute approximate surface area is 147 Å². The van der Waals surface area contributed by atoms with E-state index in [2.05, 4.69) is 5.32 Å². The van der Waals surface area contributed by atoms with E-state index >= 15 is 0 Å². The van der Waals surface area contributed by atoms with Crippen LogP contribution < -0.4 is 10.1 Å². The van der Waals surface area contributed by atoms with Crippen molar-refractivity contribution in [3.63, 3.8) is 0 Å². The Hall–Kier alpha value is -2.57. The molecule has 1 saturated heterocycles. The van der Waals surface area contributed by atoms with Crippen molar-refractivity contribution in [2.75, 3.05) is 40.3 Å². The number of hydrogen-bond donors (Lipinski definition) is 1. The maximum absolute atomic E-state index is 12.7. The number of nitrogens with one attached hydrogen (secondary N) is 1. The normalized spacial score (nSPS) is 17.6. The van der Waals surface area contributed by atoms with Crippen LogP contribution in [0.25, 0.3) is 0 Å². The number of benzene rings is 1. The number of ether oxygens (including phenoxy) is 1. The summed E-state index contributed by atoms with van der Waals surface area (Å²) >= 11 is 0. The number of nitrogens with zero attached hydrogens (tertiary/aromatic N) is 2. The maximum Gasteiger partial charge on any atom is 0.227 e. The molecule has 7 heteroatoms. The van der Waals surface area contributed by atoms with Crippen LogP contribution in [0.15, 0.2) is 24.3 Å². The predicted octanol–water partition coefficient (Wildman–Crippen LogP) is 0.291. The first-order valence-corrected chi connectivity index (χ1v) is 8.32. The van der Waals surface area contributed by atoms with Gasteiger partial charge in [0.05, 0.1) is 19.4 Å². The minimum absolute atomic E-state index is 0.0514. The molecule has 1 aliphatic rings. The minimum atomic E-state index is -0.420. The van der Waals surface area contributed by atoms with Crippen molar-refractivity contribution >= 4 is 17.7 Å². The molecule has 3 amide bonds. The summed E-state index contributed by atoms with van der Waals surface area (Å²) in [7, 11) is 3.16. The third-order valence-corrected chi connectivity index (χ3v) is 4.45. The van der Waals surface area contributed by atoms with Crippen molar-refractivity contribution in [2.24, 2.45) is 5.92 Å². The molecule has 0 aromatic heterocycles. The fourth-order valence-corrected chi connectivity index (χ4v) is 2.93. The Morgan fingerprint density at radius 3 is 2.28 bits per heavy atom. The highest BCUT2D eigenvalue weighted by Crippen LogP contribution is 2.15. The van der Waals surface area contributed by atoms with E-state index in [4.69, 9.17) is 4.74 Å². The quantitative estimate of drug-likeness (QED) is 0.849. The Balaban J connectivity index is 2.08. The summed E-state index contributed by atoms with van der Waals surface area (Å²) in [5.74, 6) is 0.0252. The number of carbonyl (C=O) groups is 3. The summed E-state index contributed by atoms with van der Waals surface area (Å²) in [6.45, 7) is 3.01. The van der Waals surface area contributed by atoms with Crippen LogP contribution in [0.4, 0.5) is 0 Å². The van der Waals surface area contributed by atoms with Crippen LogP contribution in [0.1, 0.15) is 12.5 Å². The van der Waals surface area contributed by atoms with Crippen molar-refractivity contribution in [3.05, 3.63) is 29.8 Å². The van der Waals surface area contributed by atoms with Gasteiger partial charge in [0.1, 0.15) is 5.75 Å². The van der Waals surface area contributed by atoms with Crippen molar-refractivity contribution < 1.29 is 19.1 Å². The van der Waals surface area contributed by atoms with Crippen LogP contribution in [-0.4, -0.2) is 67.9 Å². The first-order valence-electron chi connectivity index (χ1n) is 8.32. The summed E-state index contributed by atoms with van der Waals surface area (Å²) in [5.41, 5.74) is 0.884. The summed E-state index contributed by atoms with van der Waals surface area (Å²) in [6, 6.07) is 7.34. The van der Waals surface area contributed by atoms with E-state index in [1.165, 1.54) is 6.92 Å². The lowest BCUT2D eigenvalue weighted by atomic mass is 10.1. The molecule has 7 nitrogen and oxygen atoms in total. The molecule has 0 bridgehead atoms. The third kappa shape index (κ3) is 4.95. The first kappa shape index (κ1) is 18.8. The molecule has 0 saturated carbocycles. The average Bonchev–Trinajstić information content (AvgIpc) is 2.85. The Kier molecular flexibility index (Phi) is 6.38. The van der Waals surface area contributed by atoms with Gasteiger partial charge in [-0.15, -0.1) is 0 Å². The highest BCUT2D eigenvalue weighted by molar-refractivity contribution is 5.83. The van der Waals surface area contributed by atoms with Crippen LogP contribution >= 0.6 is 0 Å². The molecule has 0 radical (unpaired) electrons. The number of carbonyl (C=O) groups excluding carboxylic acids is 3. The topological polar surface area (TPSA) is 79.0 Å². The van der Waals surface area contributed by atoms with E-state index in [9.17, 15) is 14.4 Å². The number of amides is 3. The predicted molar refractivity (Wildman–Crippen MR) is 93.1 cm³/mol. The van der Waals surface area contributed by atoms with Gasteiger partial charge in [0.25, 0.3) is 0 Å². The Morgan fingerprint density at radius 2 is 1.72 bits per heavy atom. The van der Waals surface area contributed by atoms with E-state index in [0.29, 0.717) is 26.2 Å². The standard InChI is InChI=1S/C18H25N3O4/c1-13(22)20-8-9-21(12-15(11-20)18(24)19-2)17(23)10-14-4-6-16(25-3)7-5-14/h4-7,15H,8-12H2,1-3H3,(H,19,24)/t15-/m1/s1. The molecule has 1 aromatic rings. The molecule has 1 heterocycles. The Morgan fingerprint density at radius 1 is 1.12 bits per heavy atom. The van der Waals surface area contributed by atoms with Gasteiger partial charge in [-0.2, -0.15) is 0 Å². The smallest absolute Gasteiger partial charge is 0.227 e. The lowest BCUT2D eigenvalue weighted by Crippen LogP contribution is -2.42. The van der Waals surface area contributed by atoms with E-state index in [1.807, 2.05) is 24.3 Å². The molecule has 2 rings (SSSR count). The second kappa shape index (κ2) is 8.50. The molecule has 0 spiro atoms. The molecule has 25 heavy (non-hydrogen) atoms. The van der Waals surface area contributed by atoms with Gasteiger partial charge in [-0.05, 0) is 17.7 Å². The molecule has 1 fully saturated rings. The van der Waals surface area contributed by atoms with E-state index in [-0.39, 0.29) is 24.1 Å². The number of hydrogen-bond acceptors (Lipinski definition) is 4. The third-order valence-electron chi connectivity index (χ3n) is 4.45. The van der Waals surface area contributed by atoms with Crippen molar-refractivity contribution in [2.45, 2.75) is 13.3 Å². The van der Waals surface area contributed by atoms with Crippen LogP contribution in [0.5, 0.6) is 5.75 Å². The second-order valence-electron chi connectivity index (χ2n) is 6.14. The summed E-state index contributed by atoms with van der Waals surface area (Å²) in [4.78, 5) is 39.8. The monoisotopic (exact) mass is 347 g/mol. The van der Waals surface area contributed by atoms with E-state index < -0.39 is 5.92 Å². The molecule has 0 unspecified atom stereocenters. The van der Waals surface area contributed by atoms with Crippen LogP contribution in [0, 0.1) is 5.92 Å². The van der Waals surface area contributed by atoms with Gasteiger partial charge in [0, 0.05) is 40.2 Å². The highest BCUT2D eigenvalue weighted by Gasteiger charge is 2.30. The SMILES string of the molecule is CNC(=O)[C@@H]1CN(C(C)=O)CCN(C(=O)Cc2ccc(OC)cc2)C1. The van der Waals surface area contributed by atoms with Gasteiger partial charge in [-0.1, -0.05) is 12.1 Å². The maximum atomic E-state index is 12.7. The fourth-order valence-electron chi connectivity index (χ4n) is 2.93. The number of rotatable bonds is 4. The molecule has 136 valence electrons. The van der Waals surface area contributed by atoms with Gasteiger partial charge in [0.15, 0.2) is 0 Å². The van der Waals surface area contributed by atoms with E-state index in [1.54, 1.807) is 24.0 Å². The number of methoxy groups -OCH3 is 1. The lowest BCUT2D eigenvalue weighted by molar-refractivity contribution is -0.132. The Bertz CT molecular complexity index is 630. The lowest BCUT2D eigenvalue weighted by Gasteiger charge is -2.23. The summed E-state index contributed by atoms with van der Waals surface area (Å²) in [5, 5.41) is 2.62. The molecule has 1 aromatic carbocycles. The molecular weight excluding hydrogens is 322 g/mol. The van der Waals surface area contributed by atoms with Gasteiger partial charge >= 0.3 is 0 Å². The van der Waals surface area contributed by atoms with Crippen LogP contribution in [0.3, 0.4) is 0 Å². The van der Waals surface area contributed by atoms with Crippen LogP contribution in [0.2, 0.25) is 0 Å². The second-order valence-corrected chi connectivity index (χ2v) is 6.14. The zero-order chi connectivity index (χ0) is 18.4. The largest absolute Gasteiger partial charge is 0.497 e. The summed E-state index contributed by atoms with van der Waals surface area (Å²) < 4.78 is 5.12. The zero-order valence-corrected chi connectivity index (χ0v) is 14.9. The van der Waals surface area contributed by atoms with E-state index in [0.717, 1.165) is 11.3 Å². The van der Waals surface area contributed by atoms with Gasteiger partial charge in [0.2, 0.25) is 17.7 Å². The molecule has 1 aliphatic heterocycles. The van der Waals surface area contributed by atoms with Crippen molar-refractivity contribution in [1.82, 2.24) is 15.1 Å². The molecule has 0 aliphatic carbocycles. The molecule has 1 N–H and O–H groups in total. The summed E-state index contributed by atoms with van der Waals surface area (Å²) in [6.07, 6.45) is 0.254.